The van der Waals surface area contributed by atoms with Crippen molar-refractivity contribution in [2.24, 2.45) is 11.5 Å². The van der Waals surface area contributed by atoms with Crippen LogP contribution in [0, 0.1) is 20.9 Å². The summed E-state index contributed by atoms with van der Waals surface area (Å²) in [6, 6.07) is 7.93. The van der Waals surface area contributed by atoms with E-state index >= 15 is 0 Å². The van der Waals surface area contributed by atoms with Crippen LogP contribution in [0.25, 0.3) is 5.70 Å². The van der Waals surface area contributed by atoms with Crippen LogP contribution in [0.1, 0.15) is 22.6 Å². The number of hydrogen-bond acceptors (Lipinski definition) is 6. The second kappa shape index (κ2) is 11.0. The molecule has 0 saturated carbocycles. The Morgan fingerprint density at radius 2 is 2.00 bits per heavy atom. The Kier molecular flexibility index (Phi) is 9.35. The van der Waals surface area contributed by atoms with Gasteiger partial charge in [0.25, 0.3) is 0 Å². The second-order valence-electron chi connectivity index (χ2n) is 6.03. The molecule has 0 aliphatic rings. The van der Waals surface area contributed by atoms with E-state index in [2.05, 4.69) is 24.4 Å². The van der Waals surface area contributed by atoms with Crippen LogP contribution in [0.4, 0.5) is 0 Å². The van der Waals surface area contributed by atoms with Crippen molar-refractivity contribution in [3.63, 3.8) is 0 Å². The van der Waals surface area contributed by atoms with Crippen molar-refractivity contribution in [2.45, 2.75) is 25.9 Å². The average molecular weight is 458 g/mol. The average Bonchev–Trinajstić information content (AvgIpc) is 3.09. The summed E-state index contributed by atoms with van der Waals surface area (Å²) >= 11 is 0. The molecule has 1 radical (unpaired) electrons. The number of aromatic nitrogens is 1. The number of carbonyl (C=O) groups is 2. The molecule has 2 amide bonds. The molecule has 0 bridgehead atoms. The van der Waals surface area contributed by atoms with Gasteiger partial charge in [0.05, 0.1) is 17.8 Å². The minimum Gasteiger partial charge on any atom is -0.510 e. The van der Waals surface area contributed by atoms with Gasteiger partial charge < -0.3 is 33.1 Å². The largest absolute Gasteiger partial charge is 0.510 e. The number of aryl methyl sites for hydroxylation is 1. The summed E-state index contributed by atoms with van der Waals surface area (Å²) in [5.41, 5.74) is 13.9. The van der Waals surface area contributed by atoms with Crippen molar-refractivity contribution in [1.82, 2.24) is 15.4 Å². The molecule has 2 aromatic rings. The second-order valence-corrected chi connectivity index (χ2v) is 6.03. The van der Waals surface area contributed by atoms with Gasteiger partial charge in [-0.2, -0.15) is 0 Å². The van der Waals surface area contributed by atoms with Crippen LogP contribution < -0.4 is 16.8 Å². The van der Waals surface area contributed by atoms with E-state index in [0.29, 0.717) is 17.2 Å². The first kappa shape index (κ1) is 23.9. The van der Waals surface area contributed by atoms with Crippen LogP contribution in [0.2, 0.25) is 0 Å². The van der Waals surface area contributed by atoms with E-state index in [9.17, 15) is 9.59 Å². The Morgan fingerprint density at radius 3 is 2.54 bits per heavy atom. The fourth-order valence-electron chi connectivity index (χ4n) is 2.28. The maximum atomic E-state index is 12.3. The van der Waals surface area contributed by atoms with Crippen molar-refractivity contribution in [1.29, 1.82) is 0 Å². The summed E-state index contributed by atoms with van der Waals surface area (Å²) in [6.07, 6.45) is 1.28. The maximum Gasteiger partial charge on any atom is 0.208 e. The molecule has 1 aromatic carbocycles. The zero-order valence-electron chi connectivity index (χ0n) is 15.7. The van der Waals surface area contributed by atoms with Gasteiger partial charge in [0.2, 0.25) is 5.91 Å². The molecule has 9 heteroatoms. The molecule has 2 rings (SSSR count). The molecule has 0 spiro atoms. The number of hydrogen-bond donors (Lipinski definition) is 3. The van der Waals surface area contributed by atoms with E-state index < -0.39 is 17.9 Å². The van der Waals surface area contributed by atoms with E-state index in [1.54, 1.807) is 25.1 Å². The SMILES string of the molecule is [CH2-]C(C(=O)NCc1ccc(/C(N)=C/N)cc1)N([CH2-])C(=O)Cc1cc(C)no1.[Y]. The molecule has 0 fully saturated rings. The van der Waals surface area contributed by atoms with Crippen LogP contribution in [0.3, 0.4) is 0 Å². The summed E-state index contributed by atoms with van der Waals surface area (Å²) in [7, 11) is 3.62. The van der Waals surface area contributed by atoms with Crippen LogP contribution in [0.15, 0.2) is 41.1 Å². The van der Waals surface area contributed by atoms with E-state index in [-0.39, 0.29) is 45.7 Å². The van der Waals surface area contributed by atoms with Crippen molar-refractivity contribution >= 4 is 17.5 Å². The minimum atomic E-state index is -0.975. The van der Waals surface area contributed by atoms with Gasteiger partial charge in [-0.15, -0.1) is 0 Å². The molecule has 147 valence electrons. The Labute approximate surface area is 189 Å². The maximum absolute atomic E-state index is 12.3. The summed E-state index contributed by atoms with van der Waals surface area (Å²) in [5.74, 6) is -0.406. The summed E-state index contributed by atoms with van der Waals surface area (Å²) < 4.78 is 5.00. The van der Waals surface area contributed by atoms with E-state index in [0.717, 1.165) is 16.0 Å². The van der Waals surface area contributed by atoms with Gasteiger partial charge in [0.15, 0.2) is 5.91 Å². The molecular weight excluding hydrogens is 435 g/mol. The molecule has 5 N–H and O–H groups in total. The molecule has 28 heavy (non-hydrogen) atoms. The zero-order valence-corrected chi connectivity index (χ0v) is 18.6. The Hall–Kier alpha value is -2.19. The smallest absolute Gasteiger partial charge is 0.208 e. The normalized spacial score (nSPS) is 12.0. The van der Waals surface area contributed by atoms with E-state index in [1.165, 1.54) is 6.20 Å². The zero-order chi connectivity index (χ0) is 20.0. The number of nitrogens with zero attached hydrogens (tertiary/aromatic N) is 2. The first-order valence-electron chi connectivity index (χ1n) is 8.24. The molecule has 1 heterocycles. The molecule has 1 unspecified atom stereocenters. The molecule has 1 aromatic heterocycles. The monoisotopic (exact) mass is 458 g/mol. The summed E-state index contributed by atoms with van der Waals surface area (Å²) in [4.78, 5) is 25.5. The first-order valence-corrected chi connectivity index (χ1v) is 8.24. The fraction of sp³-hybridized carbons (Fsp3) is 0.211. The number of rotatable bonds is 7. The molecule has 8 nitrogen and oxygen atoms in total. The number of nitrogens with two attached hydrogens (primary N) is 2. The summed E-state index contributed by atoms with van der Waals surface area (Å²) in [6.45, 7) is 5.75. The number of carbonyl (C=O) groups excluding carboxylic acids is 2. The third-order valence-corrected chi connectivity index (χ3v) is 3.94. The van der Waals surface area contributed by atoms with Crippen LogP contribution in [0.5, 0.6) is 0 Å². The molecule has 0 aliphatic carbocycles. The molecule has 1 atom stereocenters. The first-order chi connectivity index (χ1) is 12.8. The molecular formula is C19H23N5O3Y-2. The summed E-state index contributed by atoms with van der Waals surface area (Å²) in [5, 5.41) is 6.44. The Bertz CT molecular complexity index is 832. The minimum absolute atomic E-state index is 0. The third-order valence-electron chi connectivity index (χ3n) is 3.94. The van der Waals surface area contributed by atoms with Gasteiger partial charge >= 0.3 is 0 Å². The molecule has 0 aliphatic heterocycles. The third kappa shape index (κ3) is 6.46. The van der Waals surface area contributed by atoms with Crippen molar-refractivity contribution in [3.8, 4) is 0 Å². The predicted octanol–water partition coefficient (Wildman–Crippen LogP) is 0.878. The Balaban J connectivity index is 0.00000392. The topological polar surface area (TPSA) is 127 Å². The van der Waals surface area contributed by atoms with Gasteiger partial charge in [-0.1, -0.05) is 29.4 Å². The van der Waals surface area contributed by atoms with Gasteiger partial charge in [-0.3, -0.25) is 16.6 Å². The van der Waals surface area contributed by atoms with Gasteiger partial charge in [-0.05, 0) is 24.1 Å². The quantitative estimate of drug-likeness (QED) is 0.529. The number of amides is 2. The van der Waals surface area contributed by atoms with Crippen LogP contribution in [-0.2, 0) is 55.3 Å². The van der Waals surface area contributed by atoms with Crippen LogP contribution in [-0.4, -0.2) is 27.9 Å². The van der Waals surface area contributed by atoms with Crippen LogP contribution >= 0.6 is 0 Å². The van der Waals surface area contributed by atoms with E-state index in [4.69, 9.17) is 16.0 Å². The van der Waals surface area contributed by atoms with Gasteiger partial charge in [0.1, 0.15) is 5.76 Å². The van der Waals surface area contributed by atoms with Gasteiger partial charge in [0, 0.05) is 51.5 Å². The predicted molar refractivity (Wildman–Crippen MR) is 101 cm³/mol. The van der Waals surface area contributed by atoms with Crippen molar-refractivity contribution in [3.05, 3.63) is 73.1 Å². The Morgan fingerprint density at radius 1 is 1.36 bits per heavy atom. The standard InChI is InChI=1S/C19H23N5O3.Y/c1-12-8-16(27-23-12)9-18(25)24(3)13(2)19(26)22-11-14-4-6-15(7-5-14)17(21)10-20;/h4-8,10,13H,2-3,9,11,20-21H2,1H3,(H,22,26);/q-2;/b17-10-;. The van der Waals surface area contributed by atoms with Crippen molar-refractivity contribution < 1.29 is 46.8 Å². The fourth-order valence-corrected chi connectivity index (χ4v) is 2.28. The van der Waals surface area contributed by atoms with Crippen molar-refractivity contribution in [2.75, 3.05) is 0 Å². The molecule has 0 saturated heterocycles. The van der Waals surface area contributed by atoms with E-state index in [1.807, 2.05) is 12.1 Å². The van der Waals surface area contributed by atoms with Gasteiger partial charge in [-0.25, -0.2) is 0 Å². The number of nitrogens with one attached hydrogen (secondary N) is 1. The number of benzene rings is 1.